The number of benzene rings is 1. The Labute approximate surface area is 232 Å². The van der Waals surface area contributed by atoms with E-state index in [1.54, 1.807) is 20.3 Å². The number of methoxy groups -OCH3 is 2. The Morgan fingerprint density at radius 2 is 1.92 bits per heavy atom. The van der Waals surface area contributed by atoms with Gasteiger partial charge in [-0.3, -0.25) is 9.79 Å². The van der Waals surface area contributed by atoms with Crippen molar-refractivity contribution in [1.82, 2.24) is 16.0 Å². The molecule has 2 unspecified atom stereocenters. The molecule has 0 radical (unpaired) electrons. The first kappa shape index (κ1) is 26.6. The zero-order chi connectivity index (χ0) is 26.8. The summed E-state index contributed by atoms with van der Waals surface area (Å²) in [5.41, 5.74) is 1.31. The Kier molecular flexibility index (Phi) is 7.97. The fourth-order valence-electron chi connectivity index (χ4n) is 4.74. The van der Waals surface area contributed by atoms with Gasteiger partial charge in [0.15, 0.2) is 0 Å². The van der Waals surface area contributed by atoms with Crippen molar-refractivity contribution in [3.63, 3.8) is 0 Å². The van der Waals surface area contributed by atoms with E-state index in [4.69, 9.17) is 42.4 Å². The fourth-order valence-corrected chi connectivity index (χ4v) is 5.45. The number of rotatable bonds is 9. The predicted molar refractivity (Wildman–Crippen MR) is 149 cm³/mol. The molecule has 0 bridgehead atoms. The second kappa shape index (κ2) is 11.4. The minimum Gasteiger partial charge on any atom is -0.495 e. The topological polar surface area (TPSA) is 106 Å². The number of allylic oxidation sites excluding steroid dienone is 1. The Morgan fingerprint density at radius 3 is 2.58 bits per heavy atom. The first-order valence-corrected chi connectivity index (χ1v) is 13.3. The van der Waals surface area contributed by atoms with E-state index >= 15 is 0 Å². The molecule has 1 saturated carbocycles. The highest BCUT2D eigenvalue weighted by Gasteiger charge is 2.35. The summed E-state index contributed by atoms with van der Waals surface area (Å²) in [4.78, 5) is 21.5. The van der Waals surface area contributed by atoms with Gasteiger partial charge < -0.3 is 30.2 Å². The number of hydrogen-bond donors (Lipinski definition) is 3. The van der Waals surface area contributed by atoms with Gasteiger partial charge in [-0.1, -0.05) is 35.9 Å². The molecule has 11 heteroatoms. The van der Waals surface area contributed by atoms with Crippen LogP contribution in [0.5, 0.6) is 11.5 Å². The lowest BCUT2D eigenvalue weighted by atomic mass is 9.85. The zero-order valence-corrected chi connectivity index (χ0v) is 22.8. The van der Waals surface area contributed by atoms with Gasteiger partial charge in [0.1, 0.15) is 23.2 Å². The summed E-state index contributed by atoms with van der Waals surface area (Å²) in [6, 6.07) is 1.37. The summed E-state index contributed by atoms with van der Waals surface area (Å²) < 4.78 is 16.5. The van der Waals surface area contributed by atoms with Crippen LogP contribution < -0.4 is 25.4 Å². The number of ether oxygens (including phenoxy) is 3. The summed E-state index contributed by atoms with van der Waals surface area (Å²) in [5, 5.41) is 10.6. The summed E-state index contributed by atoms with van der Waals surface area (Å²) in [6.45, 7) is 5.16. The lowest BCUT2D eigenvalue weighted by Gasteiger charge is -2.33. The number of fused-ring (bicyclic) bond motifs is 1. The molecule has 4 atom stereocenters. The van der Waals surface area contributed by atoms with Gasteiger partial charge in [-0.15, -0.1) is 0 Å². The van der Waals surface area contributed by atoms with Gasteiger partial charge in [-0.05, 0) is 30.9 Å². The van der Waals surface area contributed by atoms with Gasteiger partial charge in [0.05, 0.1) is 49.6 Å². The largest absolute Gasteiger partial charge is 0.495 e. The van der Waals surface area contributed by atoms with E-state index in [-0.39, 0.29) is 29.8 Å². The molecule has 1 aromatic rings. The smallest absolute Gasteiger partial charge is 0.243 e. The number of nitrogens with zero attached hydrogens (tertiary/aromatic N) is 2. The first-order valence-electron chi connectivity index (χ1n) is 12.6. The molecule has 1 amide bonds. The lowest BCUT2D eigenvalue weighted by Crippen LogP contribution is -2.49. The van der Waals surface area contributed by atoms with Crippen molar-refractivity contribution < 1.29 is 19.0 Å². The first-order chi connectivity index (χ1) is 18.4. The molecule has 4 aliphatic rings. The molecular formula is C27H31Cl2N5O4. The maximum Gasteiger partial charge on any atom is 0.243 e. The Balaban J connectivity index is 1.44. The van der Waals surface area contributed by atoms with E-state index in [0.717, 1.165) is 18.1 Å². The van der Waals surface area contributed by atoms with Crippen molar-refractivity contribution in [2.75, 3.05) is 34.0 Å². The molecule has 3 aliphatic heterocycles. The van der Waals surface area contributed by atoms with Gasteiger partial charge in [0, 0.05) is 41.9 Å². The van der Waals surface area contributed by atoms with E-state index in [1.807, 2.05) is 6.21 Å². The van der Waals surface area contributed by atoms with Crippen LogP contribution in [0.15, 0.2) is 46.7 Å². The third-order valence-electron chi connectivity index (χ3n) is 7.06. The highest BCUT2D eigenvalue weighted by molar-refractivity contribution is 6.39. The zero-order valence-electron chi connectivity index (χ0n) is 21.3. The highest BCUT2D eigenvalue weighted by Crippen LogP contribution is 2.44. The minimum absolute atomic E-state index is 0.0638. The van der Waals surface area contributed by atoms with Crippen LogP contribution in [0.2, 0.25) is 10.0 Å². The van der Waals surface area contributed by atoms with Gasteiger partial charge in [-0.2, -0.15) is 0 Å². The van der Waals surface area contributed by atoms with Crippen LogP contribution in [-0.2, 0) is 9.53 Å². The summed E-state index contributed by atoms with van der Waals surface area (Å²) in [6.07, 6.45) is 9.66. The maximum absolute atomic E-state index is 11.8. The average Bonchev–Trinajstić information content (AvgIpc) is 3.66. The van der Waals surface area contributed by atoms with Crippen molar-refractivity contribution in [3.8, 4) is 11.5 Å². The maximum atomic E-state index is 11.8. The molecule has 3 heterocycles. The molecule has 38 heavy (non-hydrogen) atoms. The van der Waals surface area contributed by atoms with Crippen LogP contribution in [0.1, 0.15) is 18.4 Å². The van der Waals surface area contributed by atoms with Gasteiger partial charge >= 0.3 is 0 Å². The molecule has 5 rings (SSSR count). The highest BCUT2D eigenvalue weighted by atomic mass is 35.5. The third-order valence-corrected chi connectivity index (χ3v) is 7.81. The van der Waals surface area contributed by atoms with Crippen LogP contribution in [0.4, 0.5) is 0 Å². The van der Waals surface area contributed by atoms with Crippen LogP contribution in [0.25, 0.3) is 5.70 Å². The van der Waals surface area contributed by atoms with E-state index in [0.29, 0.717) is 52.1 Å². The van der Waals surface area contributed by atoms with E-state index < -0.39 is 0 Å². The molecular weight excluding hydrogens is 529 g/mol. The van der Waals surface area contributed by atoms with Crippen molar-refractivity contribution in [2.24, 2.45) is 27.7 Å². The van der Waals surface area contributed by atoms with Crippen molar-refractivity contribution in [1.29, 1.82) is 0 Å². The predicted octanol–water partition coefficient (Wildman–Crippen LogP) is 3.58. The van der Waals surface area contributed by atoms with E-state index in [2.05, 4.69) is 39.7 Å². The monoisotopic (exact) mass is 559 g/mol. The minimum atomic E-state index is -0.233. The molecule has 1 saturated heterocycles. The normalized spacial score (nSPS) is 27.1. The SMILES string of the molecule is C=CC(=O)N[C@H]1COC[C@H]1NC1=CC2C(=NCC3CC3)NC(c3c(Cl)c(OC)cc(OC)c3Cl)=CC2C=N1. The van der Waals surface area contributed by atoms with Crippen molar-refractivity contribution >= 4 is 46.9 Å². The number of carbonyl (C=O) groups excluding carboxylic acids is 1. The lowest BCUT2D eigenvalue weighted by molar-refractivity contribution is -0.117. The molecule has 9 nitrogen and oxygen atoms in total. The van der Waals surface area contributed by atoms with E-state index in [9.17, 15) is 4.79 Å². The van der Waals surface area contributed by atoms with Crippen LogP contribution in [-0.4, -0.2) is 64.0 Å². The summed E-state index contributed by atoms with van der Waals surface area (Å²) in [7, 11) is 3.10. The Bertz CT molecular complexity index is 1210. The van der Waals surface area contributed by atoms with Gasteiger partial charge in [-0.25, -0.2) is 4.99 Å². The van der Waals surface area contributed by atoms with Gasteiger partial charge in [0.25, 0.3) is 0 Å². The standard InChI is InChI=1S/C27H31Cl2N5O4/c1-4-23(35)33-19-13-38-12-18(19)32-22-8-16-15(11-30-22)7-17(34-27(16)31-10-14-5-6-14)24-25(28)20(36-2)9-21(37-3)26(24)29/h4,7-9,11,14-16,18-19,32H,1,5-6,10,12-13H2,2-3H3,(H,31,34)(H,33,35)/t15?,16?,18-,19+/m1/s1. The molecule has 3 N–H and O–H groups in total. The number of amidine groups is 1. The summed E-state index contributed by atoms with van der Waals surface area (Å²) >= 11 is 13.5. The number of carbonyl (C=O) groups is 1. The molecule has 0 spiro atoms. The number of hydrogen-bond acceptors (Lipinski definition) is 7. The van der Waals surface area contributed by atoms with Crippen LogP contribution in [0, 0.1) is 17.8 Å². The molecule has 202 valence electrons. The van der Waals surface area contributed by atoms with Crippen molar-refractivity contribution in [2.45, 2.75) is 24.9 Å². The fraction of sp³-hybridized carbons (Fsp3) is 0.444. The van der Waals surface area contributed by atoms with Crippen molar-refractivity contribution in [3.05, 3.63) is 52.3 Å². The molecule has 2 fully saturated rings. The second-order valence-corrected chi connectivity index (χ2v) is 10.5. The number of halogens is 2. The van der Waals surface area contributed by atoms with Gasteiger partial charge in [0.2, 0.25) is 5.91 Å². The number of amides is 1. The second-order valence-electron chi connectivity index (χ2n) is 9.70. The quantitative estimate of drug-likeness (QED) is 0.399. The summed E-state index contributed by atoms with van der Waals surface area (Å²) in [5.74, 6) is 2.69. The van der Waals surface area contributed by atoms with E-state index in [1.165, 1.54) is 18.9 Å². The Morgan fingerprint density at radius 1 is 1.21 bits per heavy atom. The van der Waals surface area contributed by atoms with Crippen LogP contribution in [0.3, 0.4) is 0 Å². The third kappa shape index (κ3) is 5.55. The molecule has 1 aromatic carbocycles. The molecule has 0 aromatic heterocycles. The average molecular weight is 560 g/mol. The van der Waals surface area contributed by atoms with Crippen LogP contribution >= 0.6 is 23.2 Å². The Hall–Kier alpha value is -3.01. The molecule has 1 aliphatic carbocycles. The number of aliphatic imine (C=N–C) groups is 2. The number of nitrogens with one attached hydrogen (secondary N) is 3.